The molecule has 0 spiro atoms. The lowest BCUT2D eigenvalue weighted by atomic mass is 10.2. The van der Waals surface area contributed by atoms with Crippen LogP contribution < -0.4 is 5.32 Å². The van der Waals surface area contributed by atoms with E-state index in [1.54, 1.807) is 0 Å². The Labute approximate surface area is 90.5 Å². The summed E-state index contributed by atoms with van der Waals surface area (Å²) in [7, 11) is 0. The van der Waals surface area contributed by atoms with Gasteiger partial charge in [0.15, 0.2) is 0 Å². The molecule has 1 rings (SSSR count). The van der Waals surface area contributed by atoms with Crippen LogP contribution in [0.1, 0.15) is 20.3 Å². The number of hydrogen-bond acceptors (Lipinski definition) is 3. The highest BCUT2D eigenvalue weighted by molar-refractivity contribution is 7.99. The number of aromatic nitrogens is 1. The second-order valence-electron chi connectivity index (χ2n) is 3.14. The Morgan fingerprint density at radius 2 is 2.29 bits per heavy atom. The Bertz CT molecular complexity index is 238. The van der Waals surface area contributed by atoms with E-state index in [1.165, 1.54) is 6.42 Å². The third kappa shape index (κ3) is 4.11. The van der Waals surface area contributed by atoms with Crippen LogP contribution in [0.5, 0.6) is 0 Å². The van der Waals surface area contributed by atoms with E-state index in [-0.39, 0.29) is 0 Å². The topological polar surface area (TPSA) is 24.9 Å². The highest BCUT2D eigenvalue weighted by Gasteiger charge is 2.04. The van der Waals surface area contributed by atoms with Gasteiger partial charge in [0.25, 0.3) is 0 Å². The van der Waals surface area contributed by atoms with E-state index in [4.69, 9.17) is 0 Å². The lowest BCUT2D eigenvalue weighted by Gasteiger charge is -2.14. The van der Waals surface area contributed by atoms with Crippen molar-refractivity contribution in [3.63, 3.8) is 0 Å². The summed E-state index contributed by atoms with van der Waals surface area (Å²) in [6, 6.07) is 6.64. The van der Waals surface area contributed by atoms with Crippen molar-refractivity contribution in [3.8, 4) is 0 Å². The van der Waals surface area contributed by atoms with Crippen LogP contribution in [-0.4, -0.2) is 23.3 Å². The Balaban J connectivity index is 2.32. The summed E-state index contributed by atoms with van der Waals surface area (Å²) < 4.78 is 0. The third-order valence-electron chi connectivity index (χ3n) is 2.06. The zero-order valence-corrected chi connectivity index (χ0v) is 9.68. The van der Waals surface area contributed by atoms with Crippen molar-refractivity contribution < 1.29 is 0 Å². The lowest BCUT2D eigenvalue weighted by molar-refractivity contribution is 0.560. The molecule has 1 N–H and O–H groups in total. The fourth-order valence-electron chi connectivity index (χ4n) is 1.23. The van der Waals surface area contributed by atoms with Gasteiger partial charge in [0.2, 0.25) is 0 Å². The number of nitrogens with zero attached hydrogens (tertiary/aromatic N) is 1. The number of thioether (sulfide) groups is 1. The summed E-state index contributed by atoms with van der Waals surface area (Å²) in [5, 5.41) is 4.57. The van der Waals surface area contributed by atoms with Gasteiger partial charge in [-0.3, -0.25) is 0 Å². The van der Waals surface area contributed by atoms with Gasteiger partial charge in [0.1, 0.15) is 0 Å². The molecule has 0 fully saturated rings. The number of pyridine rings is 1. The summed E-state index contributed by atoms with van der Waals surface area (Å²) in [5.74, 6) is 1.10. The summed E-state index contributed by atoms with van der Waals surface area (Å²) in [5.41, 5.74) is 0. The second kappa shape index (κ2) is 6.85. The molecule has 0 aliphatic heterocycles. The van der Waals surface area contributed by atoms with Crippen molar-refractivity contribution in [2.45, 2.75) is 31.3 Å². The molecule has 0 bridgehead atoms. The first-order valence-corrected chi connectivity index (χ1v) is 6.12. The van der Waals surface area contributed by atoms with Crippen molar-refractivity contribution >= 4 is 11.8 Å². The molecule has 1 heterocycles. The molecular formula is C11H18N2S. The van der Waals surface area contributed by atoms with E-state index in [1.807, 2.05) is 30.1 Å². The Morgan fingerprint density at radius 1 is 1.43 bits per heavy atom. The molecule has 0 radical (unpaired) electrons. The van der Waals surface area contributed by atoms with E-state index < -0.39 is 0 Å². The smallest absolute Gasteiger partial charge is 0.0960 e. The highest BCUT2D eigenvalue weighted by Crippen LogP contribution is 2.15. The molecule has 3 heteroatoms. The Hall–Kier alpha value is -0.540. The van der Waals surface area contributed by atoms with Crippen LogP contribution in [0, 0.1) is 0 Å². The van der Waals surface area contributed by atoms with Gasteiger partial charge in [-0.2, -0.15) is 0 Å². The molecule has 14 heavy (non-hydrogen) atoms. The highest BCUT2D eigenvalue weighted by atomic mass is 32.2. The quantitative estimate of drug-likeness (QED) is 0.730. The first-order chi connectivity index (χ1) is 6.86. The van der Waals surface area contributed by atoms with Crippen molar-refractivity contribution in [2.75, 3.05) is 12.3 Å². The molecule has 0 aromatic carbocycles. The van der Waals surface area contributed by atoms with Gasteiger partial charge in [-0.25, -0.2) is 4.98 Å². The van der Waals surface area contributed by atoms with Gasteiger partial charge < -0.3 is 5.32 Å². The molecule has 78 valence electrons. The van der Waals surface area contributed by atoms with Gasteiger partial charge in [-0.15, -0.1) is 11.8 Å². The van der Waals surface area contributed by atoms with Gasteiger partial charge in [0, 0.05) is 18.0 Å². The molecule has 0 amide bonds. The number of nitrogens with one attached hydrogen (secondary N) is 1. The van der Waals surface area contributed by atoms with E-state index >= 15 is 0 Å². The zero-order chi connectivity index (χ0) is 10.2. The number of hydrogen-bond donors (Lipinski definition) is 1. The molecule has 0 aliphatic rings. The first kappa shape index (κ1) is 11.5. The number of rotatable bonds is 6. The maximum atomic E-state index is 4.28. The van der Waals surface area contributed by atoms with Crippen molar-refractivity contribution in [2.24, 2.45) is 0 Å². The maximum Gasteiger partial charge on any atom is 0.0960 e. The SMILES string of the molecule is CCNC(CC)CSc1ccccn1. The standard InChI is InChI=1S/C11H18N2S/c1-3-10(12-4-2)9-14-11-7-5-6-8-13-11/h5-8,10,12H,3-4,9H2,1-2H3. The van der Waals surface area contributed by atoms with Crippen LogP contribution in [0.25, 0.3) is 0 Å². The fraction of sp³-hybridized carbons (Fsp3) is 0.545. The lowest BCUT2D eigenvalue weighted by Crippen LogP contribution is -2.30. The minimum atomic E-state index is 0.604. The second-order valence-corrected chi connectivity index (χ2v) is 4.18. The predicted octanol–water partition coefficient (Wildman–Crippen LogP) is 2.56. The third-order valence-corrected chi connectivity index (χ3v) is 3.16. The molecule has 1 unspecified atom stereocenters. The maximum absolute atomic E-state index is 4.28. The van der Waals surface area contributed by atoms with Crippen LogP contribution in [0.4, 0.5) is 0 Å². The largest absolute Gasteiger partial charge is 0.313 e. The van der Waals surface area contributed by atoms with E-state index in [9.17, 15) is 0 Å². The van der Waals surface area contributed by atoms with Crippen LogP contribution in [0.3, 0.4) is 0 Å². The van der Waals surface area contributed by atoms with Crippen molar-refractivity contribution in [1.29, 1.82) is 0 Å². The first-order valence-electron chi connectivity index (χ1n) is 5.14. The average molecular weight is 210 g/mol. The van der Waals surface area contributed by atoms with Crippen LogP contribution in [0.2, 0.25) is 0 Å². The molecule has 1 aromatic rings. The molecule has 0 aliphatic carbocycles. The summed E-state index contributed by atoms with van der Waals surface area (Å²) in [6.45, 7) is 5.40. The van der Waals surface area contributed by atoms with Gasteiger partial charge >= 0.3 is 0 Å². The molecule has 0 saturated carbocycles. The normalized spacial score (nSPS) is 12.7. The van der Waals surface area contributed by atoms with Gasteiger partial charge in [0.05, 0.1) is 5.03 Å². The summed E-state index contributed by atoms with van der Waals surface area (Å²) in [6.07, 6.45) is 3.02. The van der Waals surface area contributed by atoms with Crippen LogP contribution in [-0.2, 0) is 0 Å². The van der Waals surface area contributed by atoms with Crippen LogP contribution in [0.15, 0.2) is 29.4 Å². The van der Waals surface area contributed by atoms with Crippen molar-refractivity contribution in [1.82, 2.24) is 10.3 Å². The summed E-state index contributed by atoms with van der Waals surface area (Å²) >= 11 is 1.82. The molecule has 1 atom stereocenters. The monoisotopic (exact) mass is 210 g/mol. The molecule has 1 aromatic heterocycles. The van der Waals surface area contributed by atoms with E-state index in [0.29, 0.717) is 6.04 Å². The van der Waals surface area contributed by atoms with E-state index in [2.05, 4.69) is 30.2 Å². The van der Waals surface area contributed by atoms with E-state index in [0.717, 1.165) is 17.3 Å². The van der Waals surface area contributed by atoms with Crippen LogP contribution >= 0.6 is 11.8 Å². The predicted molar refractivity (Wildman–Crippen MR) is 62.7 cm³/mol. The molecule has 2 nitrogen and oxygen atoms in total. The Kier molecular flexibility index (Phi) is 5.64. The summed E-state index contributed by atoms with van der Waals surface area (Å²) in [4.78, 5) is 4.28. The van der Waals surface area contributed by atoms with Gasteiger partial charge in [-0.05, 0) is 25.1 Å². The minimum Gasteiger partial charge on any atom is -0.313 e. The van der Waals surface area contributed by atoms with Gasteiger partial charge in [-0.1, -0.05) is 19.9 Å². The average Bonchev–Trinajstić information content (AvgIpc) is 2.25. The molecule has 0 saturated heterocycles. The zero-order valence-electron chi connectivity index (χ0n) is 8.86. The Morgan fingerprint density at radius 3 is 2.86 bits per heavy atom. The minimum absolute atomic E-state index is 0.604. The fourth-order valence-corrected chi connectivity index (χ4v) is 2.26. The van der Waals surface area contributed by atoms with Crippen molar-refractivity contribution in [3.05, 3.63) is 24.4 Å². The molecular weight excluding hydrogens is 192 g/mol.